The molecule has 0 aliphatic carbocycles. The van der Waals surface area contributed by atoms with E-state index in [0.717, 1.165) is 13.1 Å². The van der Waals surface area contributed by atoms with Crippen LogP contribution in [-0.4, -0.2) is 0 Å². The Morgan fingerprint density at radius 3 is 0.704 bits per heavy atom. The molecular weight excluding hydrogens is 653 g/mol. The summed E-state index contributed by atoms with van der Waals surface area (Å²) in [5.41, 5.74) is 16.1. The van der Waals surface area contributed by atoms with Crippen molar-refractivity contribution in [2.45, 2.75) is 118 Å². The van der Waals surface area contributed by atoms with Crippen molar-refractivity contribution in [1.82, 2.24) is 0 Å². The number of hydrogen-bond acceptors (Lipinski definition) is 0. The molecule has 6 aromatic rings. The first-order valence-electron chi connectivity index (χ1n) is 19.7. The molecule has 0 unspecified atom stereocenters. The van der Waals surface area contributed by atoms with Crippen LogP contribution in [-0.2, 0) is 34.7 Å². The van der Waals surface area contributed by atoms with Gasteiger partial charge in [0.2, 0.25) is 0 Å². The summed E-state index contributed by atoms with van der Waals surface area (Å²) in [6, 6.07) is 41.2. The van der Waals surface area contributed by atoms with Crippen LogP contribution in [0.2, 0.25) is 0 Å². The Hall–Kier alpha value is -4.82. The monoisotopic (exact) mass is 714 g/mol. The lowest BCUT2D eigenvalue weighted by molar-refractivity contribution is -0.688. The number of rotatable bonds is 7. The predicted octanol–water partition coefficient (Wildman–Crippen LogP) is 12.5. The average Bonchev–Trinajstić information content (AvgIpc) is 3.11. The van der Waals surface area contributed by atoms with Crippen LogP contribution >= 0.6 is 0 Å². The van der Waals surface area contributed by atoms with Crippen LogP contribution in [0.25, 0.3) is 33.4 Å². The van der Waals surface area contributed by atoms with Crippen LogP contribution in [0.15, 0.2) is 134 Å². The summed E-state index contributed by atoms with van der Waals surface area (Å²) in [6.07, 6.45) is 8.84. The van der Waals surface area contributed by atoms with Gasteiger partial charge in [0.1, 0.15) is 0 Å². The van der Waals surface area contributed by atoms with Crippen molar-refractivity contribution in [3.05, 3.63) is 167 Å². The van der Waals surface area contributed by atoms with Gasteiger partial charge in [-0.3, -0.25) is 0 Å². The Morgan fingerprint density at radius 1 is 0.296 bits per heavy atom. The third-order valence-corrected chi connectivity index (χ3v) is 10.7. The molecule has 0 aliphatic rings. The highest BCUT2D eigenvalue weighted by Crippen LogP contribution is 2.32. The minimum absolute atomic E-state index is 0.113. The molecule has 2 heteroatoms. The first-order valence-corrected chi connectivity index (χ1v) is 19.7. The Kier molecular flexibility index (Phi) is 10.6. The van der Waals surface area contributed by atoms with E-state index < -0.39 is 0 Å². The summed E-state index contributed by atoms with van der Waals surface area (Å²) < 4.78 is 4.57. The first kappa shape index (κ1) is 38.9. The highest BCUT2D eigenvalue weighted by Gasteiger charge is 2.23. The van der Waals surface area contributed by atoms with Crippen molar-refractivity contribution in [2.24, 2.45) is 0 Å². The molecule has 0 fully saturated rings. The SMILES string of the molecule is CC(C)(C)c1cc(C[n+]2ccc(-c3ccc(-c4ccc(-c5cc[n+](Cc6cc(C(C)(C)C)cc(C(C)(C)C)c6)cc5)cc4)cc3)cc2)cc(C(C)(C)C)c1. The predicted molar refractivity (Wildman–Crippen MR) is 229 cm³/mol. The van der Waals surface area contributed by atoms with Crippen LogP contribution in [0.5, 0.6) is 0 Å². The molecule has 0 amide bonds. The number of pyridine rings is 2. The molecule has 0 spiro atoms. The third kappa shape index (κ3) is 9.45. The highest BCUT2D eigenvalue weighted by molar-refractivity contribution is 5.73. The number of benzene rings is 4. The smallest absolute Gasteiger partial charge is 0.173 e. The van der Waals surface area contributed by atoms with E-state index in [9.17, 15) is 0 Å². The lowest BCUT2D eigenvalue weighted by Gasteiger charge is -2.25. The molecular formula is C52H62N2+2. The molecule has 54 heavy (non-hydrogen) atoms. The molecule has 2 heterocycles. The Labute approximate surface area is 326 Å². The summed E-state index contributed by atoms with van der Waals surface area (Å²) >= 11 is 0. The standard InChI is InChI=1S/C52H62N2/c1-49(2,3)45-29-37(30-46(33-45)50(4,5)6)35-53-25-21-43(22-26-53)41-17-13-39(14-18-41)40-15-19-42(20-16-40)44-23-27-54(28-24-44)36-38-31-47(51(7,8)9)34-48(32-38)52(10,11)12/h13-34H,35-36H2,1-12H3/q+2. The minimum Gasteiger partial charge on any atom is -0.201 e. The molecule has 278 valence electrons. The second-order valence-electron chi connectivity index (χ2n) is 19.5. The highest BCUT2D eigenvalue weighted by atomic mass is 14.9. The van der Waals surface area contributed by atoms with Gasteiger partial charge in [-0.25, -0.2) is 9.13 Å². The minimum atomic E-state index is 0.113. The van der Waals surface area contributed by atoms with Gasteiger partial charge in [-0.1, -0.05) is 144 Å². The van der Waals surface area contributed by atoms with E-state index in [-0.39, 0.29) is 21.7 Å². The second-order valence-corrected chi connectivity index (χ2v) is 19.5. The second kappa shape index (κ2) is 14.8. The fourth-order valence-corrected chi connectivity index (χ4v) is 6.94. The van der Waals surface area contributed by atoms with Gasteiger partial charge in [0, 0.05) is 35.4 Å². The third-order valence-electron chi connectivity index (χ3n) is 10.7. The van der Waals surface area contributed by atoms with Crippen molar-refractivity contribution < 1.29 is 9.13 Å². The fraction of sp³-hybridized carbons (Fsp3) is 0.346. The van der Waals surface area contributed by atoms with Gasteiger partial charge in [0.15, 0.2) is 37.9 Å². The van der Waals surface area contributed by atoms with Crippen molar-refractivity contribution in [3.8, 4) is 33.4 Å². The maximum Gasteiger partial charge on any atom is 0.173 e. The van der Waals surface area contributed by atoms with E-state index in [0.29, 0.717) is 0 Å². The molecule has 0 aliphatic heterocycles. The molecule has 2 nitrogen and oxygen atoms in total. The number of aromatic nitrogens is 2. The zero-order chi connectivity index (χ0) is 39.1. The lowest BCUT2D eigenvalue weighted by atomic mass is 9.79. The molecule has 4 aromatic carbocycles. The maximum absolute atomic E-state index is 2.39. The van der Waals surface area contributed by atoms with Crippen LogP contribution in [0.3, 0.4) is 0 Å². The van der Waals surface area contributed by atoms with Crippen LogP contribution in [0, 0.1) is 0 Å². The Balaban J connectivity index is 1.12. The molecule has 0 saturated carbocycles. The van der Waals surface area contributed by atoms with Gasteiger partial charge in [0.25, 0.3) is 0 Å². The van der Waals surface area contributed by atoms with Crippen molar-refractivity contribution in [3.63, 3.8) is 0 Å². The molecule has 0 radical (unpaired) electrons. The number of nitrogens with zero attached hydrogens (tertiary/aromatic N) is 2. The maximum atomic E-state index is 2.39. The summed E-state index contributed by atoms with van der Waals surface area (Å²) in [6.45, 7) is 29.3. The van der Waals surface area contributed by atoms with Gasteiger partial charge >= 0.3 is 0 Å². The molecule has 0 N–H and O–H groups in total. The van der Waals surface area contributed by atoms with E-state index in [2.05, 4.69) is 226 Å². The Morgan fingerprint density at radius 2 is 0.500 bits per heavy atom. The summed E-state index contributed by atoms with van der Waals surface area (Å²) in [5, 5.41) is 0. The van der Waals surface area contributed by atoms with Gasteiger partial charge in [0.05, 0.1) is 0 Å². The van der Waals surface area contributed by atoms with E-state index in [1.807, 2.05) is 0 Å². The zero-order valence-electron chi connectivity index (χ0n) is 35.0. The molecule has 6 rings (SSSR count). The van der Waals surface area contributed by atoms with Crippen molar-refractivity contribution in [1.29, 1.82) is 0 Å². The summed E-state index contributed by atoms with van der Waals surface area (Å²) in [7, 11) is 0. The Bertz CT molecular complexity index is 1960. The van der Waals surface area contributed by atoms with Gasteiger partial charge in [-0.15, -0.1) is 0 Å². The van der Waals surface area contributed by atoms with E-state index in [1.165, 1.54) is 66.8 Å². The van der Waals surface area contributed by atoms with E-state index in [1.54, 1.807) is 0 Å². The topological polar surface area (TPSA) is 7.76 Å². The first-order chi connectivity index (χ1) is 25.2. The van der Waals surface area contributed by atoms with Crippen molar-refractivity contribution in [2.75, 3.05) is 0 Å². The summed E-state index contributed by atoms with van der Waals surface area (Å²) in [5.74, 6) is 0. The van der Waals surface area contributed by atoms with Gasteiger partial charge in [-0.2, -0.15) is 0 Å². The lowest BCUT2D eigenvalue weighted by Crippen LogP contribution is -2.33. The quantitative estimate of drug-likeness (QED) is 0.145. The van der Waals surface area contributed by atoms with E-state index in [4.69, 9.17) is 0 Å². The van der Waals surface area contributed by atoms with Crippen molar-refractivity contribution >= 4 is 0 Å². The van der Waals surface area contributed by atoms with Crippen LogP contribution in [0.1, 0.15) is 116 Å². The molecule has 0 bridgehead atoms. The van der Waals surface area contributed by atoms with Gasteiger partial charge < -0.3 is 0 Å². The van der Waals surface area contributed by atoms with Crippen LogP contribution in [0.4, 0.5) is 0 Å². The van der Waals surface area contributed by atoms with Gasteiger partial charge in [-0.05, 0) is 102 Å². The van der Waals surface area contributed by atoms with E-state index >= 15 is 0 Å². The zero-order valence-corrected chi connectivity index (χ0v) is 35.0. The molecule has 0 saturated heterocycles. The fourth-order valence-electron chi connectivity index (χ4n) is 6.94. The largest absolute Gasteiger partial charge is 0.201 e. The summed E-state index contributed by atoms with van der Waals surface area (Å²) in [4.78, 5) is 0. The molecule has 2 aromatic heterocycles. The number of hydrogen-bond donors (Lipinski definition) is 0. The normalized spacial score (nSPS) is 12.6. The average molecular weight is 715 g/mol. The molecule has 0 atom stereocenters. The van der Waals surface area contributed by atoms with Crippen LogP contribution < -0.4 is 9.13 Å².